The molecular formula is C12H15ClO4. The Morgan fingerprint density at radius 3 is 2.41 bits per heavy atom. The van der Waals surface area contributed by atoms with E-state index in [-0.39, 0.29) is 0 Å². The molecule has 4 nitrogen and oxygen atoms in total. The molecule has 0 spiro atoms. The van der Waals surface area contributed by atoms with Crippen molar-refractivity contribution in [3.8, 4) is 11.5 Å². The predicted octanol–water partition coefficient (Wildman–Crippen LogP) is 2.55. The van der Waals surface area contributed by atoms with Crippen molar-refractivity contribution in [2.75, 3.05) is 12.5 Å². The molecule has 0 aliphatic heterocycles. The number of carbonyl (C=O) groups is 1. The first-order valence-electron chi connectivity index (χ1n) is 5.35. The van der Waals surface area contributed by atoms with E-state index in [1.54, 1.807) is 31.2 Å². The molecule has 17 heavy (non-hydrogen) atoms. The summed E-state index contributed by atoms with van der Waals surface area (Å²) in [5.41, 5.74) is 0. The van der Waals surface area contributed by atoms with E-state index >= 15 is 0 Å². The zero-order valence-electron chi connectivity index (χ0n) is 9.56. The summed E-state index contributed by atoms with van der Waals surface area (Å²) in [7, 11) is 0. The number of aliphatic carboxylic acids is 1. The number of halogens is 1. The topological polar surface area (TPSA) is 55.8 Å². The second-order valence-electron chi connectivity index (χ2n) is 3.36. The van der Waals surface area contributed by atoms with Crippen molar-refractivity contribution in [3.05, 3.63) is 24.3 Å². The average Bonchev–Trinajstić information content (AvgIpc) is 2.34. The quantitative estimate of drug-likeness (QED) is 0.764. The molecule has 1 unspecified atom stereocenters. The molecular weight excluding hydrogens is 244 g/mol. The Kier molecular flexibility index (Phi) is 5.63. The Morgan fingerprint density at radius 2 is 1.94 bits per heavy atom. The van der Waals surface area contributed by atoms with Gasteiger partial charge in [-0.05, 0) is 30.7 Å². The van der Waals surface area contributed by atoms with Gasteiger partial charge in [-0.1, -0.05) is 6.92 Å². The number of hydrogen-bond donors (Lipinski definition) is 1. The molecule has 0 amide bonds. The fourth-order valence-corrected chi connectivity index (χ4v) is 1.32. The lowest BCUT2D eigenvalue weighted by molar-refractivity contribution is -0.145. The minimum absolute atomic E-state index is 0.417. The van der Waals surface area contributed by atoms with E-state index in [1.807, 2.05) is 0 Å². The van der Waals surface area contributed by atoms with E-state index in [9.17, 15) is 4.79 Å². The molecule has 5 heteroatoms. The summed E-state index contributed by atoms with van der Waals surface area (Å²) in [6.07, 6.45) is -0.399. The number of ether oxygens (including phenoxy) is 2. The van der Waals surface area contributed by atoms with Crippen LogP contribution in [0.25, 0.3) is 0 Å². The third-order valence-corrected chi connectivity index (χ3v) is 2.25. The molecule has 1 N–H and O–H groups in total. The lowest BCUT2D eigenvalue weighted by Gasteiger charge is -2.13. The maximum atomic E-state index is 10.8. The summed E-state index contributed by atoms with van der Waals surface area (Å²) in [4.78, 5) is 10.8. The van der Waals surface area contributed by atoms with Gasteiger partial charge in [0, 0.05) is 0 Å². The van der Waals surface area contributed by atoms with Gasteiger partial charge in [-0.25, -0.2) is 4.79 Å². The van der Waals surface area contributed by atoms with Crippen LogP contribution in [0.3, 0.4) is 0 Å². The molecule has 0 aromatic heterocycles. The Hall–Kier alpha value is -1.42. The van der Waals surface area contributed by atoms with Gasteiger partial charge >= 0.3 is 5.97 Å². The zero-order chi connectivity index (χ0) is 12.7. The van der Waals surface area contributed by atoms with Crippen molar-refractivity contribution >= 4 is 17.6 Å². The number of rotatable bonds is 7. The van der Waals surface area contributed by atoms with E-state index in [0.717, 1.165) is 0 Å². The van der Waals surface area contributed by atoms with E-state index < -0.39 is 12.1 Å². The van der Waals surface area contributed by atoms with Crippen LogP contribution in [0.15, 0.2) is 24.3 Å². The van der Waals surface area contributed by atoms with Crippen LogP contribution in [0, 0.1) is 0 Å². The van der Waals surface area contributed by atoms with Gasteiger partial charge < -0.3 is 14.6 Å². The third kappa shape index (κ3) is 4.53. The largest absolute Gasteiger partial charge is 0.492 e. The Bertz CT molecular complexity index is 350. The third-order valence-electron chi connectivity index (χ3n) is 2.09. The maximum absolute atomic E-state index is 10.8. The summed E-state index contributed by atoms with van der Waals surface area (Å²) in [6.45, 7) is 2.20. The molecule has 0 heterocycles. The summed E-state index contributed by atoms with van der Waals surface area (Å²) in [5.74, 6) is 0.656. The van der Waals surface area contributed by atoms with Crippen molar-refractivity contribution in [2.24, 2.45) is 0 Å². The first-order valence-corrected chi connectivity index (χ1v) is 5.89. The van der Waals surface area contributed by atoms with E-state index in [4.69, 9.17) is 26.2 Å². The van der Waals surface area contributed by atoms with Crippen molar-refractivity contribution in [1.29, 1.82) is 0 Å². The highest BCUT2D eigenvalue weighted by atomic mass is 35.5. The van der Waals surface area contributed by atoms with Gasteiger partial charge in [-0.15, -0.1) is 11.6 Å². The average molecular weight is 259 g/mol. The van der Waals surface area contributed by atoms with Crippen LogP contribution in [-0.2, 0) is 4.79 Å². The number of alkyl halides is 1. The van der Waals surface area contributed by atoms with Gasteiger partial charge in [0.2, 0.25) is 0 Å². The van der Waals surface area contributed by atoms with Crippen LogP contribution in [0.1, 0.15) is 13.3 Å². The number of hydrogen-bond acceptors (Lipinski definition) is 3. The molecule has 1 rings (SSSR count). The van der Waals surface area contributed by atoms with Crippen LogP contribution in [-0.4, -0.2) is 29.7 Å². The summed E-state index contributed by atoms with van der Waals surface area (Å²) in [6, 6.07) is 6.79. The fraction of sp³-hybridized carbons (Fsp3) is 0.417. The molecule has 0 bridgehead atoms. The molecule has 0 aliphatic rings. The van der Waals surface area contributed by atoms with Crippen LogP contribution >= 0.6 is 11.6 Å². The standard InChI is InChI=1S/C12H15ClO4/c1-2-11(12(14)15)17-10-5-3-9(4-6-10)16-8-7-13/h3-6,11H,2,7-8H2,1H3,(H,14,15). The number of carboxylic acids is 1. The minimum atomic E-state index is -0.963. The molecule has 1 aromatic rings. The lowest BCUT2D eigenvalue weighted by Crippen LogP contribution is -2.25. The minimum Gasteiger partial charge on any atom is -0.492 e. The molecule has 0 aliphatic carbocycles. The predicted molar refractivity (Wildman–Crippen MR) is 65.0 cm³/mol. The van der Waals surface area contributed by atoms with Gasteiger partial charge in [-0.3, -0.25) is 0 Å². The molecule has 0 saturated heterocycles. The SMILES string of the molecule is CCC(Oc1ccc(OCCCl)cc1)C(=O)O. The first kappa shape index (κ1) is 13.6. The summed E-state index contributed by atoms with van der Waals surface area (Å²) < 4.78 is 10.6. The highest BCUT2D eigenvalue weighted by Gasteiger charge is 2.16. The van der Waals surface area contributed by atoms with E-state index in [2.05, 4.69) is 0 Å². The second-order valence-corrected chi connectivity index (χ2v) is 3.74. The van der Waals surface area contributed by atoms with E-state index in [1.165, 1.54) is 0 Å². The molecule has 0 radical (unpaired) electrons. The lowest BCUT2D eigenvalue weighted by atomic mass is 10.2. The van der Waals surface area contributed by atoms with Crippen molar-refractivity contribution in [3.63, 3.8) is 0 Å². The Morgan fingerprint density at radius 1 is 1.35 bits per heavy atom. The van der Waals surface area contributed by atoms with Gasteiger partial charge in [0.1, 0.15) is 18.1 Å². The monoisotopic (exact) mass is 258 g/mol. The Balaban J connectivity index is 2.58. The Labute approximate surface area is 105 Å². The van der Waals surface area contributed by atoms with Crippen molar-refractivity contribution in [2.45, 2.75) is 19.4 Å². The maximum Gasteiger partial charge on any atom is 0.344 e. The highest BCUT2D eigenvalue weighted by molar-refractivity contribution is 6.18. The van der Waals surface area contributed by atoms with Crippen LogP contribution in [0.4, 0.5) is 0 Å². The van der Waals surface area contributed by atoms with Crippen molar-refractivity contribution < 1.29 is 19.4 Å². The molecule has 0 fully saturated rings. The fourth-order valence-electron chi connectivity index (χ4n) is 1.24. The summed E-state index contributed by atoms with van der Waals surface area (Å²) >= 11 is 5.49. The van der Waals surface area contributed by atoms with Crippen molar-refractivity contribution in [1.82, 2.24) is 0 Å². The van der Waals surface area contributed by atoms with Gasteiger partial charge in [-0.2, -0.15) is 0 Å². The number of carboxylic acid groups (broad SMARTS) is 1. The van der Waals surface area contributed by atoms with Crippen LogP contribution < -0.4 is 9.47 Å². The first-order chi connectivity index (χ1) is 8.17. The van der Waals surface area contributed by atoms with Crippen LogP contribution in [0.2, 0.25) is 0 Å². The molecule has 1 atom stereocenters. The van der Waals surface area contributed by atoms with Gasteiger partial charge in [0.05, 0.1) is 5.88 Å². The van der Waals surface area contributed by atoms with Gasteiger partial charge in [0.25, 0.3) is 0 Å². The molecule has 1 aromatic carbocycles. The highest BCUT2D eigenvalue weighted by Crippen LogP contribution is 2.19. The smallest absolute Gasteiger partial charge is 0.344 e. The second kappa shape index (κ2) is 7.01. The summed E-state index contributed by atoms with van der Waals surface area (Å²) in [5, 5.41) is 8.84. The molecule has 0 saturated carbocycles. The van der Waals surface area contributed by atoms with Crippen LogP contribution in [0.5, 0.6) is 11.5 Å². The number of benzene rings is 1. The normalized spacial score (nSPS) is 11.9. The van der Waals surface area contributed by atoms with E-state index in [0.29, 0.717) is 30.4 Å². The van der Waals surface area contributed by atoms with Gasteiger partial charge in [0.15, 0.2) is 6.10 Å². The zero-order valence-corrected chi connectivity index (χ0v) is 10.3. The molecule has 94 valence electrons.